The van der Waals surface area contributed by atoms with Gasteiger partial charge in [0.05, 0.1) is 5.56 Å². The van der Waals surface area contributed by atoms with Crippen LogP contribution in [-0.2, 0) is 4.74 Å². The van der Waals surface area contributed by atoms with Gasteiger partial charge in [0.2, 0.25) is 0 Å². The Hall–Kier alpha value is -2.14. The van der Waals surface area contributed by atoms with Crippen molar-refractivity contribution in [3.63, 3.8) is 0 Å². The highest BCUT2D eigenvalue weighted by Crippen LogP contribution is 2.14. The van der Waals surface area contributed by atoms with Crippen LogP contribution in [0.2, 0.25) is 0 Å². The third-order valence-electron chi connectivity index (χ3n) is 3.19. The van der Waals surface area contributed by atoms with Gasteiger partial charge in [0.15, 0.2) is 0 Å². The number of rotatable bonds is 5. The highest BCUT2D eigenvalue weighted by atomic mass is 16.5. The Morgan fingerprint density at radius 2 is 2.05 bits per heavy atom. The van der Waals surface area contributed by atoms with E-state index in [1.165, 1.54) is 6.20 Å². The molecule has 0 aliphatic rings. The summed E-state index contributed by atoms with van der Waals surface area (Å²) in [6, 6.07) is 7.08. The van der Waals surface area contributed by atoms with Crippen LogP contribution in [0.15, 0.2) is 35.3 Å². The summed E-state index contributed by atoms with van der Waals surface area (Å²) >= 11 is 0. The van der Waals surface area contributed by atoms with Gasteiger partial charge >= 0.3 is 0 Å². The quantitative estimate of drug-likeness (QED) is 0.871. The Bertz CT molecular complexity index is 663. The average molecular weight is 274 g/mol. The van der Waals surface area contributed by atoms with Gasteiger partial charge in [-0.3, -0.25) is 9.59 Å². The van der Waals surface area contributed by atoms with E-state index in [2.05, 4.69) is 10.3 Å². The molecule has 5 heteroatoms. The summed E-state index contributed by atoms with van der Waals surface area (Å²) in [7, 11) is 1.63. The SMILES string of the molecule is COCC[C@H](C)NC(=O)c1c[nH]c(=O)c2ccccc12. The lowest BCUT2D eigenvalue weighted by Gasteiger charge is -2.14. The van der Waals surface area contributed by atoms with Crippen molar-refractivity contribution in [2.24, 2.45) is 0 Å². The number of benzene rings is 1. The number of hydrogen-bond acceptors (Lipinski definition) is 3. The topological polar surface area (TPSA) is 71.2 Å². The summed E-state index contributed by atoms with van der Waals surface area (Å²) in [5.74, 6) is -0.193. The van der Waals surface area contributed by atoms with Crippen LogP contribution in [0.4, 0.5) is 0 Å². The maximum Gasteiger partial charge on any atom is 0.255 e. The van der Waals surface area contributed by atoms with Crippen LogP contribution in [-0.4, -0.2) is 30.6 Å². The van der Waals surface area contributed by atoms with Gasteiger partial charge < -0.3 is 15.0 Å². The van der Waals surface area contributed by atoms with Gasteiger partial charge in [0.25, 0.3) is 11.5 Å². The number of aromatic amines is 1. The Balaban J connectivity index is 2.27. The van der Waals surface area contributed by atoms with Crippen LogP contribution < -0.4 is 10.9 Å². The number of methoxy groups -OCH3 is 1. The largest absolute Gasteiger partial charge is 0.385 e. The standard InChI is InChI=1S/C15H18N2O3/c1-10(7-8-20-2)17-15(19)13-9-16-14(18)12-6-4-3-5-11(12)13/h3-6,9-10H,7-8H2,1-2H3,(H,16,18)(H,17,19)/t10-/m0/s1. The molecule has 2 rings (SSSR count). The smallest absolute Gasteiger partial charge is 0.255 e. The minimum absolute atomic E-state index is 0.00754. The van der Waals surface area contributed by atoms with Crippen LogP contribution in [0.1, 0.15) is 23.7 Å². The van der Waals surface area contributed by atoms with Crippen molar-refractivity contribution in [3.8, 4) is 0 Å². The molecule has 0 spiro atoms. The molecule has 0 unspecified atom stereocenters. The van der Waals surface area contributed by atoms with Gasteiger partial charge in [0.1, 0.15) is 0 Å². The van der Waals surface area contributed by atoms with Gasteiger partial charge in [-0.1, -0.05) is 18.2 Å². The molecule has 1 atom stereocenters. The second-order valence-corrected chi connectivity index (χ2v) is 4.73. The summed E-state index contributed by atoms with van der Waals surface area (Å²) < 4.78 is 4.99. The van der Waals surface area contributed by atoms with Crippen molar-refractivity contribution in [2.45, 2.75) is 19.4 Å². The van der Waals surface area contributed by atoms with E-state index >= 15 is 0 Å². The predicted octanol–water partition coefficient (Wildman–Crippen LogP) is 1.68. The summed E-state index contributed by atoms with van der Waals surface area (Å²) in [4.78, 5) is 26.6. The lowest BCUT2D eigenvalue weighted by molar-refractivity contribution is 0.0931. The highest BCUT2D eigenvalue weighted by molar-refractivity contribution is 6.06. The number of nitrogens with one attached hydrogen (secondary N) is 2. The summed E-state index contributed by atoms with van der Waals surface area (Å²) in [6.45, 7) is 2.51. The van der Waals surface area contributed by atoms with Crippen LogP contribution in [0, 0.1) is 0 Å². The molecule has 0 saturated heterocycles. The molecule has 2 aromatic rings. The Morgan fingerprint density at radius 1 is 1.35 bits per heavy atom. The molecule has 0 aliphatic carbocycles. The third kappa shape index (κ3) is 3.05. The first-order valence-corrected chi connectivity index (χ1v) is 6.53. The number of carbonyl (C=O) groups excluding carboxylic acids is 1. The van der Waals surface area contributed by atoms with E-state index in [1.54, 1.807) is 25.3 Å². The molecule has 0 radical (unpaired) electrons. The lowest BCUT2D eigenvalue weighted by Crippen LogP contribution is -2.33. The van der Waals surface area contributed by atoms with Crippen LogP contribution in [0.5, 0.6) is 0 Å². The van der Waals surface area contributed by atoms with Crippen molar-refractivity contribution in [3.05, 3.63) is 46.4 Å². The van der Waals surface area contributed by atoms with E-state index < -0.39 is 0 Å². The fourth-order valence-electron chi connectivity index (χ4n) is 2.07. The second-order valence-electron chi connectivity index (χ2n) is 4.73. The van der Waals surface area contributed by atoms with Gasteiger partial charge in [-0.25, -0.2) is 0 Å². The molecular formula is C15H18N2O3. The average Bonchev–Trinajstić information content (AvgIpc) is 2.45. The number of pyridine rings is 1. The molecule has 1 aromatic heterocycles. The molecule has 0 fully saturated rings. The number of ether oxygens (including phenoxy) is 1. The monoisotopic (exact) mass is 274 g/mol. The first kappa shape index (κ1) is 14.3. The highest BCUT2D eigenvalue weighted by Gasteiger charge is 2.13. The van der Waals surface area contributed by atoms with Gasteiger partial charge in [-0.2, -0.15) is 0 Å². The number of H-pyrrole nitrogens is 1. The predicted molar refractivity (Wildman–Crippen MR) is 78.0 cm³/mol. The second kappa shape index (κ2) is 6.34. The van der Waals surface area contributed by atoms with Crippen LogP contribution in [0.25, 0.3) is 10.8 Å². The zero-order valence-corrected chi connectivity index (χ0v) is 11.6. The molecule has 0 aliphatic heterocycles. The molecule has 0 saturated carbocycles. The molecule has 1 heterocycles. The molecular weight excluding hydrogens is 256 g/mol. The Morgan fingerprint density at radius 3 is 2.75 bits per heavy atom. The van der Waals surface area contributed by atoms with Gasteiger partial charge in [0, 0.05) is 36.7 Å². The Labute approximate surface area is 117 Å². The number of fused-ring (bicyclic) bond motifs is 1. The minimum atomic E-state index is -0.193. The Kier molecular flexibility index (Phi) is 4.53. The van der Waals surface area contributed by atoms with E-state index in [4.69, 9.17) is 4.74 Å². The van der Waals surface area contributed by atoms with Crippen molar-refractivity contribution in [2.75, 3.05) is 13.7 Å². The van der Waals surface area contributed by atoms with Crippen molar-refractivity contribution in [1.82, 2.24) is 10.3 Å². The zero-order valence-electron chi connectivity index (χ0n) is 11.6. The van der Waals surface area contributed by atoms with Crippen molar-refractivity contribution >= 4 is 16.7 Å². The minimum Gasteiger partial charge on any atom is -0.385 e. The number of aromatic nitrogens is 1. The summed E-state index contributed by atoms with van der Waals surface area (Å²) in [6.07, 6.45) is 2.20. The van der Waals surface area contributed by atoms with Gasteiger partial charge in [-0.15, -0.1) is 0 Å². The van der Waals surface area contributed by atoms with E-state index in [-0.39, 0.29) is 17.5 Å². The van der Waals surface area contributed by atoms with Crippen LogP contribution >= 0.6 is 0 Å². The fraction of sp³-hybridized carbons (Fsp3) is 0.333. The normalized spacial score (nSPS) is 12.3. The molecule has 5 nitrogen and oxygen atoms in total. The molecule has 106 valence electrons. The van der Waals surface area contributed by atoms with Crippen molar-refractivity contribution in [1.29, 1.82) is 0 Å². The molecule has 0 bridgehead atoms. The molecule has 20 heavy (non-hydrogen) atoms. The number of amides is 1. The van der Waals surface area contributed by atoms with E-state index in [1.807, 2.05) is 13.0 Å². The molecule has 1 amide bonds. The van der Waals surface area contributed by atoms with E-state index in [9.17, 15) is 9.59 Å². The summed E-state index contributed by atoms with van der Waals surface area (Å²) in [5, 5.41) is 4.08. The maximum atomic E-state index is 12.3. The van der Waals surface area contributed by atoms with E-state index in [0.29, 0.717) is 22.9 Å². The lowest BCUT2D eigenvalue weighted by atomic mass is 10.1. The number of carbonyl (C=O) groups is 1. The third-order valence-corrected chi connectivity index (χ3v) is 3.19. The summed E-state index contributed by atoms with van der Waals surface area (Å²) in [5.41, 5.74) is 0.286. The first-order chi connectivity index (χ1) is 9.63. The number of hydrogen-bond donors (Lipinski definition) is 2. The van der Waals surface area contributed by atoms with Crippen LogP contribution in [0.3, 0.4) is 0 Å². The molecule has 2 N–H and O–H groups in total. The van der Waals surface area contributed by atoms with Gasteiger partial charge in [-0.05, 0) is 19.4 Å². The maximum absolute atomic E-state index is 12.3. The molecule has 1 aromatic carbocycles. The van der Waals surface area contributed by atoms with E-state index in [0.717, 1.165) is 6.42 Å². The zero-order chi connectivity index (χ0) is 14.5. The fourth-order valence-corrected chi connectivity index (χ4v) is 2.07. The first-order valence-electron chi connectivity index (χ1n) is 6.53. The van der Waals surface area contributed by atoms with Crippen molar-refractivity contribution < 1.29 is 9.53 Å².